The third-order valence-corrected chi connectivity index (χ3v) is 9.66. The van der Waals surface area contributed by atoms with Crippen molar-refractivity contribution in [1.29, 1.82) is 0 Å². The number of aryl methyl sites for hydroxylation is 1. The summed E-state index contributed by atoms with van der Waals surface area (Å²) in [6, 6.07) is 8.72. The molecule has 0 spiro atoms. The fraction of sp³-hybridized carbons (Fsp3) is 0.367. The van der Waals surface area contributed by atoms with E-state index in [1.807, 2.05) is 0 Å². The molecule has 2 aliphatic heterocycles. The molecule has 9 nitrogen and oxygen atoms in total. The number of likely N-dealkylation sites (tertiary alicyclic amines) is 1. The number of carbonyl (C=O) groups is 5. The van der Waals surface area contributed by atoms with Gasteiger partial charge in [-0.3, -0.25) is 19.2 Å². The number of phenols is 1. The van der Waals surface area contributed by atoms with Gasteiger partial charge in [0.05, 0.1) is 41.0 Å². The van der Waals surface area contributed by atoms with Crippen LogP contribution in [-0.4, -0.2) is 46.8 Å². The van der Waals surface area contributed by atoms with Gasteiger partial charge in [-0.15, -0.1) is 0 Å². The molecule has 6 atom stereocenters. The van der Waals surface area contributed by atoms with Gasteiger partial charge >= 0.3 is 6.09 Å². The van der Waals surface area contributed by atoms with Crippen LogP contribution in [0, 0.1) is 41.8 Å². The Morgan fingerprint density at radius 1 is 1.10 bits per heavy atom. The Labute approximate surface area is 239 Å². The Balaban J connectivity index is 1.54. The molecule has 0 radical (unpaired) electrons. The first-order valence-corrected chi connectivity index (χ1v) is 13.6. The van der Waals surface area contributed by atoms with E-state index in [2.05, 4.69) is 4.74 Å². The molecule has 1 N–H and O–H groups in total. The molecule has 2 aliphatic carbocycles. The van der Waals surface area contributed by atoms with Crippen LogP contribution < -0.4 is 4.90 Å². The highest BCUT2D eigenvalue weighted by Crippen LogP contribution is 2.64. The second kappa shape index (κ2) is 9.24. The molecule has 0 aromatic heterocycles. The van der Waals surface area contributed by atoms with Crippen molar-refractivity contribution >= 4 is 47.0 Å². The molecule has 3 fully saturated rings. The Morgan fingerprint density at radius 2 is 1.83 bits per heavy atom. The summed E-state index contributed by atoms with van der Waals surface area (Å²) in [6.45, 7) is 3.38. The quantitative estimate of drug-likeness (QED) is 0.410. The van der Waals surface area contributed by atoms with E-state index in [0.717, 1.165) is 18.1 Å². The number of anilines is 1. The minimum Gasteiger partial charge on any atom is -0.507 e. The summed E-state index contributed by atoms with van der Waals surface area (Å²) in [4.78, 5) is 68.9. The topological polar surface area (TPSA) is 121 Å². The number of methoxy groups -OCH3 is 1. The molecule has 6 rings (SSSR count). The van der Waals surface area contributed by atoms with Crippen LogP contribution in [0.25, 0.3) is 0 Å². The second-order valence-corrected chi connectivity index (χ2v) is 11.7. The Kier molecular flexibility index (Phi) is 6.11. The van der Waals surface area contributed by atoms with Crippen molar-refractivity contribution < 1.29 is 38.2 Å². The van der Waals surface area contributed by atoms with Crippen LogP contribution in [0.15, 0.2) is 48.0 Å². The van der Waals surface area contributed by atoms with Gasteiger partial charge < -0.3 is 9.84 Å². The molecule has 212 valence electrons. The maximum absolute atomic E-state index is 14.3. The molecular weight excluding hydrogens is 555 g/mol. The zero-order valence-electron chi connectivity index (χ0n) is 22.4. The number of fused-ring (bicyclic) bond motifs is 4. The lowest BCUT2D eigenvalue weighted by atomic mass is 9.51. The summed E-state index contributed by atoms with van der Waals surface area (Å²) in [6.07, 6.45) is 0.922. The monoisotopic (exact) mass is 580 g/mol. The number of carbonyl (C=O) groups excluding carboxylic acids is 5. The third kappa shape index (κ3) is 3.56. The SMILES string of the molecule is COC(=O)N1C(=O)[C@H]2[C@H](CC=C3[C@H]2C[C@H]2C(=O)N(c4ccc(F)c(Cl)c4)C(=O)[C@@]2(C)[C@H]3c2cccc(C)c2O)C1=O. The van der Waals surface area contributed by atoms with Crippen LogP contribution in [0.2, 0.25) is 5.02 Å². The smallest absolute Gasteiger partial charge is 0.423 e. The van der Waals surface area contributed by atoms with Crippen molar-refractivity contribution in [2.24, 2.45) is 29.1 Å². The summed E-state index contributed by atoms with van der Waals surface area (Å²) in [5, 5.41) is 11.0. The number of aromatic hydroxyl groups is 1. The largest absolute Gasteiger partial charge is 0.507 e. The van der Waals surface area contributed by atoms with Gasteiger partial charge in [0.2, 0.25) is 23.6 Å². The zero-order valence-corrected chi connectivity index (χ0v) is 23.1. The number of nitrogens with zero attached hydrogens (tertiary/aromatic N) is 2. The van der Waals surface area contributed by atoms with Crippen molar-refractivity contribution in [3.05, 3.63) is 70.0 Å². The van der Waals surface area contributed by atoms with Gasteiger partial charge in [-0.05, 0) is 56.4 Å². The first-order valence-electron chi connectivity index (χ1n) is 13.2. The van der Waals surface area contributed by atoms with Crippen molar-refractivity contribution in [1.82, 2.24) is 4.90 Å². The number of allylic oxidation sites excluding steroid dienone is 2. The number of amides is 5. The average Bonchev–Trinajstić information content (AvgIpc) is 3.31. The first-order chi connectivity index (χ1) is 19.4. The van der Waals surface area contributed by atoms with E-state index in [1.165, 1.54) is 12.1 Å². The Morgan fingerprint density at radius 3 is 2.51 bits per heavy atom. The fourth-order valence-corrected chi connectivity index (χ4v) is 7.59. The first kappa shape index (κ1) is 27.1. The number of halogens is 2. The Hall–Kier alpha value is -4.05. The van der Waals surface area contributed by atoms with Crippen molar-refractivity contribution in [2.45, 2.75) is 32.6 Å². The zero-order chi connectivity index (χ0) is 29.5. The van der Waals surface area contributed by atoms with Gasteiger partial charge in [-0.2, -0.15) is 4.90 Å². The van der Waals surface area contributed by atoms with Crippen LogP contribution in [0.1, 0.15) is 36.8 Å². The molecule has 2 aromatic carbocycles. The lowest BCUT2D eigenvalue weighted by molar-refractivity contribution is -0.138. The van der Waals surface area contributed by atoms with Crippen LogP contribution in [0.3, 0.4) is 0 Å². The maximum atomic E-state index is 14.3. The maximum Gasteiger partial charge on any atom is 0.423 e. The number of imide groups is 4. The van der Waals surface area contributed by atoms with Crippen molar-refractivity contribution in [3.63, 3.8) is 0 Å². The molecular formula is C30H26ClFN2O7. The summed E-state index contributed by atoms with van der Waals surface area (Å²) < 4.78 is 18.7. The molecule has 2 heterocycles. The molecule has 11 heteroatoms. The van der Waals surface area contributed by atoms with Crippen molar-refractivity contribution in [3.8, 4) is 5.75 Å². The highest BCUT2D eigenvalue weighted by Gasteiger charge is 2.68. The van der Waals surface area contributed by atoms with Gasteiger partial charge in [0, 0.05) is 11.5 Å². The number of hydrogen-bond donors (Lipinski definition) is 1. The Bertz CT molecular complexity index is 1610. The molecule has 0 unspecified atom stereocenters. The molecule has 41 heavy (non-hydrogen) atoms. The van der Waals surface area contributed by atoms with Gasteiger partial charge in [-0.1, -0.05) is 41.4 Å². The van der Waals surface area contributed by atoms with Gasteiger partial charge in [0.1, 0.15) is 11.6 Å². The van der Waals surface area contributed by atoms with E-state index >= 15 is 0 Å². The number of benzene rings is 2. The molecule has 0 bridgehead atoms. The average molecular weight is 581 g/mol. The van der Waals surface area contributed by atoms with Crippen LogP contribution >= 0.6 is 11.6 Å². The van der Waals surface area contributed by atoms with E-state index in [0.29, 0.717) is 21.6 Å². The van der Waals surface area contributed by atoms with Gasteiger partial charge in [0.15, 0.2) is 0 Å². The van der Waals surface area contributed by atoms with E-state index in [4.69, 9.17) is 11.6 Å². The van der Waals surface area contributed by atoms with E-state index in [9.17, 15) is 33.5 Å². The predicted molar refractivity (Wildman–Crippen MR) is 143 cm³/mol. The van der Waals surface area contributed by atoms with E-state index in [-0.39, 0.29) is 29.3 Å². The van der Waals surface area contributed by atoms with Gasteiger partial charge in [-0.25, -0.2) is 14.1 Å². The van der Waals surface area contributed by atoms with Crippen LogP contribution in [-0.2, 0) is 23.9 Å². The second-order valence-electron chi connectivity index (χ2n) is 11.3. The number of ether oxygens (including phenoxy) is 1. The van der Waals surface area contributed by atoms with E-state index < -0.39 is 70.5 Å². The highest BCUT2D eigenvalue weighted by atomic mass is 35.5. The van der Waals surface area contributed by atoms with Gasteiger partial charge in [0.25, 0.3) is 0 Å². The summed E-state index contributed by atoms with van der Waals surface area (Å²) in [5.74, 6) is -7.47. The van der Waals surface area contributed by atoms with Crippen LogP contribution in [0.5, 0.6) is 5.75 Å². The lowest BCUT2D eigenvalue weighted by Gasteiger charge is -2.49. The minimum atomic E-state index is -1.40. The molecule has 5 amide bonds. The molecule has 1 saturated carbocycles. The number of para-hydroxylation sites is 1. The molecule has 2 aromatic rings. The lowest BCUT2D eigenvalue weighted by Crippen LogP contribution is -2.49. The number of phenolic OH excluding ortho intramolecular Hbond substituents is 1. The minimum absolute atomic E-state index is 0.0466. The standard InChI is InChI=1S/C30H26ClFN2O7/c1-13-5-4-6-17(24(13)35)23-15-8-9-16-22(27(38)34(25(16)36)29(40)41-3)18(15)12-19-26(37)33(28(39)30(19,23)2)14-7-10-21(32)20(31)11-14/h4-8,10-11,16,18-19,22-23,35H,9,12H2,1-3H3/t16-,18+,19-,22-,23+,30+/m0/s1. The highest BCUT2D eigenvalue weighted by molar-refractivity contribution is 6.31. The van der Waals surface area contributed by atoms with Crippen LogP contribution in [0.4, 0.5) is 14.9 Å². The number of hydrogen-bond acceptors (Lipinski definition) is 7. The van der Waals surface area contributed by atoms with Crippen molar-refractivity contribution in [2.75, 3.05) is 12.0 Å². The fourth-order valence-electron chi connectivity index (χ4n) is 7.42. The predicted octanol–water partition coefficient (Wildman–Crippen LogP) is 4.49. The number of rotatable bonds is 2. The van der Waals surface area contributed by atoms with E-state index in [1.54, 1.807) is 38.1 Å². The normalized spacial score (nSPS) is 30.7. The summed E-state index contributed by atoms with van der Waals surface area (Å²) in [5.41, 5.74) is 0.328. The molecule has 4 aliphatic rings. The summed E-state index contributed by atoms with van der Waals surface area (Å²) in [7, 11) is 1.08. The summed E-state index contributed by atoms with van der Waals surface area (Å²) >= 11 is 6.00. The third-order valence-electron chi connectivity index (χ3n) is 9.37. The molecule has 2 saturated heterocycles.